The lowest BCUT2D eigenvalue weighted by atomic mass is 10.0. The van der Waals surface area contributed by atoms with Crippen LogP contribution < -0.4 is 4.90 Å². The molecule has 0 aliphatic heterocycles. The number of fused-ring (bicyclic) bond motifs is 1. The molecule has 0 amide bonds. The van der Waals surface area contributed by atoms with Crippen LogP contribution in [0.5, 0.6) is 0 Å². The molecule has 2 aliphatic carbocycles. The van der Waals surface area contributed by atoms with Crippen LogP contribution in [0.2, 0.25) is 0 Å². The van der Waals surface area contributed by atoms with Crippen molar-refractivity contribution < 1.29 is 5.11 Å². The molecular weight excluding hydrogens is 210 g/mol. The Morgan fingerprint density at radius 2 is 1.59 bits per heavy atom. The highest BCUT2D eigenvalue weighted by Crippen LogP contribution is 2.64. The lowest BCUT2D eigenvalue weighted by Crippen LogP contribution is -2.12. The number of anilines is 1. The summed E-state index contributed by atoms with van der Waals surface area (Å²) in [5.41, 5.74) is 1.82. The van der Waals surface area contributed by atoms with E-state index in [4.69, 9.17) is 0 Å². The third-order valence-electron chi connectivity index (χ3n) is 4.63. The Labute approximate surface area is 103 Å². The molecule has 1 aromatic rings. The fourth-order valence-electron chi connectivity index (χ4n) is 3.55. The molecule has 0 heterocycles. The Balaban J connectivity index is 1.85. The van der Waals surface area contributed by atoms with Gasteiger partial charge in [-0.15, -0.1) is 0 Å². The van der Waals surface area contributed by atoms with E-state index in [0.29, 0.717) is 11.8 Å². The van der Waals surface area contributed by atoms with Crippen LogP contribution in [0.25, 0.3) is 0 Å². The molecule has 2 heteroatoms. The fourth-order valence-corrected chi connectivity index (χ4v) is 3.55. The molecule has 2 atom stereocenters. The van der Waals surface area contributed by atoms with Gasteiger partial charge in [-0.05, 0) is 42.4 Å². The molecule has 1 N–H and O–H groups in total. The molecule has 92 valence electrons. The van der Waals surface area contributed by atoms with Gasteiger partial charge in [-0.1, -0.05) is 25.0 Å². The maximum Gasteiger partial charge on any atom is 0.0960 e. The van der Waals surface area contributed by atoms with Crippen molar-refractivity contribution >= 4 is 5.69 Å². The highest BCUT2D eigenvalue weighted by atomic mass is 16.3. The molecule has 2 saturated carbocycles. The number of aliphatic hydroxyl groups is 1. The van der Waals surface area contributed by atoms with E-state index in [0.717, 1.165) is 5.56 Å². The Bertz CT molecular complexity index is 397. The van der Waals surface area contributed by atoms with E-state index >= 15 is 0 Å². The summed E-state index contributed by atoms with van der Waals surface area (Å²) in [5.74, 6) is 1.06. The first-order valence-electron chi connectivity index (χ1n) is 6.64. The SMILES string of the molecule is CN(C)c1ccc(C2(O)C3CCCCC32)cc1. The van der Waals surface area contributed by atoms with Gasteiger partial charge in [-0.3, -0.25) is 0 Å². The zero-order valence-electron chi connectivity index (χ0n) is 10.7. The lowest BCUT2D eigenvalue weighted by molar-refractivity contribution is 0.118. The first-order valence-corrected chi connectivity index (χ1v) is 6.64. The molecule has 17 heavy (non-hydrogen) atoms. The van der Waals surface area contributed by atoms with Crippen molar-refractivity contribution in [2.75, 3.05) is 19.0 Å². The zero-order valence-corrected chi connectivity index (χ0v) is 10.7. The van der Waals surface area contributed by atoms with E-state index in [1.807, 2.05) is 14.1 Å². The third kappa shape index (κ3) is 1.58. The van der Waals surface area contributed by atoms with Crippen molar-refractivity contribution in [1.82, 2.24) is 0 Å². The Hall–Kier alpha value is -1.02. The van der Waals surface area contributed by atoms with Crippen LogP contribution in [-0.2, 0) is 5.60 Å². The van der Waals surface area contributed by atoms with Crippen molar-refractivity contribution in [3.63, 3.8) is 0 Å². The summed E-state index contributed by atoms with van der Waals surface area (Å²) in [6.45, 7) is 0. The van der Waals surface area contributed by atoms with Crippen LogP contribution in [-0.4, -0.2) is 19.2 Å². The first kappa shape index (κ1) is 11.1. The molecule has 0 spiro atoms. The van der Waals surface area contributed by atoms with Crippen molar-refractivity contribution in [3.05, 3.63) is 29.8 Å². The highest BCUT2D eigenvalue weighted by molar-refractivity contribution is 5.48. The monoisotopic (exact) mass is 231 g/mol. The van der Waals surface area contributed by atoms with Gasteiger partial charge < -0.3 is 10.0 Å². The van der Waals surface area contributed by atoms with Crippen LogP contribution in [0, 0.1) is 11.8 Å². The number of hydrogen-bond acceptors (Lipinski definition) is 2. The predicted molar refractivity (Wildman–Crippen MR) is 70.1 cm³/mol. The topological polar surface area (TPSA) is 23.5 Å². The number of hydrogen-bond donors (Lipinski definition) is 1. The zero-order chi connectivity index (χ0) is 12.0. The molecule has 0 saturated heterocycles. The van der Waals surface area contributed by atoms with Gasteiger partial charge in [-0.2, -0.15) is 0 Å². The van der Waals surface area contributed by atoms with Crippen LogP contribution in [0.1, 0.15) is 31.2 Å². The van der Waals surface area contributed by atoms with E-state index in [2.05, 4.69) is 29.2 Å². The minimum Gasteiger partial charge on any atom is -0.385 e. The molecular formula is C15H21NO. The van der Waals surface area contributed by atoms with Crippen LogP contribution in [0.3, 0.4) is 0 Å². The van der Waals surface area contributed by atoms with E-state index in [9.17, 15) is 5.11 Å². The summed E-state index contributed by atoms with van der Waals surface area (Å²) in [7, 11) is 4.08. The second-order valence-electron chi connectivity index (χ2n) is 5.76. The summed E-state index contributed by atoms with van der Waals surface area (Å²) in [4.78, 5) is 2.09. The van der Waals surface area contributed by atoms with Crippen LogP contribution >= 0.6 is 0 Å². The molecule has 2 aliphatic rings. The summed E-state index contributed by atoms with van der Waals surface area (Å²) in [5, 5.41) is 10.8. The van der Waals surface area contributed by atoms with Gasteiger partial charge >= 0.3 is 0 Å². The lowest BCUT2D eigenvalue weighted by Gasteiger charge is -2.15. The van der Waals surface area contributed by atoms with Crippen molar-refractivity contribution in [2.24, 2.45) is 11.8 Å². The largest absolute Gasteiger partial charge is 0.385 e. The molecule has 2 unspecified atom stereocenters. The summed E-state index contributed by atoms with van der Waals surface area (Å²) in [6, 6.07) is 8.43. The van der Waals surface area contributed by atoms with Crippen LogP contribution in [0.15, 0.2) is 24.3 Å². The average Bonchev–Trinajstić information content (AvgIpc) is 2.98. The maximum atomic E-state index is 10.8. The second kappa shape index (κ2) is 3.74. The third-order valence-corrected chi connectivity index (χ3v) is 4.63. The van der Waals surface area contributed by atoms with E-state index in [1.54, 1.807) is 0 Å². The second-order valence-corrected chi connectivity index (χ2v) is 5.76. The smallest absolute Gasteiger partial charge is 0.0960 e. The number of benzene rings is 1. The average molecular weight is 231 g/mol. The van der Waals surface area contributed by atoms with Gasteiger partial charge in [0.1, 0.15) is 0 Å². The summed E-state index contributed by atoms with van der Waals surface area (Å²) >= 11 is 0. The van der Waals surface area contributed by atoms with Gasteiger partial charge in [0.2, 0.25) is 0 Å². The Morgan fingerprint density at radius 1 is 1.06 bits per heavy atom. The minimum absolute atomic E-state index is 0.499. The Kier molecular flexibility index (Phi) is 2.44. The first-order chi connectivity index (χ1) is 8.14. The maximum absolute atomic E-state index is 10.8. The molecule has 0 aromatic heterocycles. The van der Waals surface area contributed by atoms with Crippen molar-refractivity contribution in [2.45, 2.75) is 31.3 Å². The fraction of sp³-hybridized carbons (Fsp3) is 0.600. The Morgan fingerprint density at radius 3 is 2.06 bits per heavy atom. The normalized spacial score (nSPS) is 35.2. The summed E-state index contributed by atoms with van der Waals surface area (Å²) in [6.07, 6.45) is 4.99. The number of rotatable bonds is 2. The van der Waals surface area contributed by atoms with E-state index in [1.165, 1.54) is 31.4 Å². The minimum atomic E-state index is -0.499. The molecule has 2 fully saturated rings. The van der Waals surface area contributed by atoms with Gasteiger partial charge in [-0.25, -0.2) is 0 Å². The molecule has 2 nitrogen and oxygen atoms in total. The van der Waals surface area contributed by atoms with Crippen molar-refractivity contribution in [3.8, 4) is 0 Å². The van der Waals surface area contributed by atoms with Crippen molar-refractivity contribution in [1.29, 1.82) is 0 Å². The molecule has 0 bridgehead atoms. The molecule has 3 rings (SSSR count). The number of nitrogens with zero attached hydrogens (tertiary/aromatic N) is 1. The molecule has 1 aromatic carbocycles. The van der Waals surface area contributed by atoms with E-state index in [-0.39, 0.29) is 0 Å². The standard InChI is InChI=1S/C15H21NO/c1-16(2)12-9-7-11(8-10-12)15(17)13-5-3-4-6-14(13)15/h7-10,13-14,17H,3-6H2,1-2H3. The van der Waals surface area contributed by atoms with Gasteiger partial charge in [0.15, 0.2) is 0 Å². The predicted octanol–water partition coefficient (Wildman–Crippen LogP) is 2.76. The van der Waals surface area contributed by atoms with Gasteiger partial charge in [0, 0.05) is 19.8 Å². The van der Waals surface area contributed by atoms with Gasteiger partial charge in [0.25, 0.3) is 0 Å². The van der Waals surface area contributed by atoms with Gasteiger partial charge in [0.05, 0.1) is 5.60 Å². The summed E-state index contributed by atoms with van der Waals surface area (Å²) < 4.78 is 0. The quantitative estimate of drug-likeness (QED) is 0.846. The van der Waals surface area contributed by atoms with Crippen LogP contribution in [0.4, 0.5) is 5.69 Å². The highest BCUT2D eigenvalue weighted by Gasteiger charge is 2.64. The molecule has 0 radical (unpaired) electrons. The van der Waals surface area contributed by atoms with E-state index < -0.39 is 5.60 Å².